The molecule has 1 unspecified atom stereocenters. The Morgan fingerprint density at radius 3 is 2.95 bits per heavy atom. The van der Waals surface area contributed by atoms with Crippen molar-refractivity contribution < 1.29 is 9.26 Å². The predicted molar refractivity (Wildman–Crippen MR) is 78.3 cm³/mol. The Kier molecular flexibility index (Phi) is 4.98. The third-order valence-corrected chi connectivity index (χ3v) is 3.20. The molecule has 0 saturated heterocycles. The molecule has 0 amide bonds. The molecule has 1 aromatic heterocycles. The standard InChI is InChI=1S/C14H18ClN3O2/c1-4-16-8-9(2)14-17-13(18-20-14)11-6-5-10(15)7-12(11)19-3/h5-7,9,16H,4,8H2,1-3H3. The molecule has 5 nitrogen and oxygen atoms in total. The largest absolute Gasteiger partial charge is 0.496 e. The van der Waals surface area contributed by atoms with E-state index >= 15 is 0 Å². The number of benzene rings is 1. The highest BCUT2D eigenvalue weighted by Gasteiger charge is 2.17. The van der Waals surface area contributed by atoms with E-state index in [0.717, 1.165) is 18.7 Å². The molecule has 20 heavy (non-hydrogen) atoms. The van der Waals surface area contributed by atoms with Crippen LogP contribution >= 0.6 is 11.6 Å². The van der Waals surface area contributed by atoms with Crippen molar-refractivity contribution in [3.63, 3.8) is 0 Å². The van der Waals surface area contributed by atoms with Crippen LogP contribution in [0.2, 0.25) is 5.02 Å². The van der Waals surface area contributed by atoms with Crippen LogP contribution in [0.4, 0.5) is 0 Å². The lowest BCUT2D eigenvalue weighted by Gasteiger charge is -2.06. The second-order valence-corrected chi connectivity index (χ2v) is 4.95. The summed E-state index contributed by atoms with van der Waals surface area (Å²) >= 11 is 5.94. The summed E-state index contributed by atoms with van der Waals surface area (Å²) < 4.78 is 10.6. The summed E-state index contributed by atoms with van der Waals surface area (Å²) in [7, 11) is 1.59. The average Bonchev–Trinajstić information content (AvgIpc) is 2.94. The van der Waals surface area contributed by atoms with Gasteiger partial charge in [-0.2, -0.15) is 4.98 Å². The third kappa shape index (κ3) is 3.29. The zero-order chi connectivity index (χ0) is 14.5. The van der Waals surface area contributed by atoms with Gasteiger partial charge in [-0.25, -0.2) is 0 Å². The molecule has 1 aromatic carbocycles. The van der Waals surface area contributed by atoms with Gasteiger partial charge in [0.25, 0.3) is 0 Å². The molecule has 0 saturated carbocycles. The van der Waals surface area contributed by atoms with Gasteiger partial charge in [-0.05, 0) is 24.7 Å². The van der Waals surface area contributed by atoms with E-state index in [-0.39, 0.29) is 5.92 Å². The van der Waals surface area contributed by atoms with Crippen molar-refractivity contribution in [1.82, 2.24) is 15.5 Å². The van der Waals surface area contributed by atoms with Gasteiger partial charge in [-0.3, -0.25) is 0 Å². The van der Waals surface area contributed by atoms with Gasteiger partial charge in [0.2, 0.25) is 11.7 Å². The molecule has 0 bridgehead atoms. The molecule has 0 fully saturated rings. The molecular formula is C14H18ClN3O2. The molecule has 2 aromatic rings. The molecule has 108 valence electrons. The number of rotatable bonds is 6. The average molecular weight is 296 g/mol. The molecule has 2 rings (SSSR count). The Balaban J connectivity index is 2.24. The van der Waals surface area contributed by atoms with E-state index in [2.05, 4.69) is 22.4 Å². The Hall–Kier alpha value is -1.59. The zero-order valence-electron chi connectivity index (χ0n) is 11.8. The fraction of sp³-hybridized carbons (Fsp3) is 0.429. The maximum atomic E-state index is 5.94. The van der Waals surface area contributed by atoms with Crippen molar-refractivity contribution in [3.05, 3.63) is 29.1 Å². The second-order valence-electron chi connectivity index (χ2n) is 4.51. The highest BCUT2D eigenvalue weighted by molar-refractivity contribution is 6.30. The lowest BCUT2D eigenvalue weighted by Crippen LogP contribution is -2.19. The van der Waals surface area contributed by atoms with Gasteiger partial charge in [0, 0.05) is 17.5 Å². The Morgan fingerprint density at radius 2 is 2.25 bits per heavy atom. The number of likely N-dealkylation sites (N-methyl/N-ethyl adjacent to an activating group) is 1. The summed E-state index contributed by atoms with van der Waals surface area (Å²) in [6.45, 7) is 5.82. The van der Waals surface area contributed by atoms with Crippen molar-refractivity contribution in [2.24, 2.45) is 0 Å². The molecule has 1 atom stereocenters. The molecular weight excluding hydrogens is 278 g/mol. The van der Waals surface area contributed by atoms with Crippen molar-refractivity contribution in [2.45, 2.75) is 19.8 Å². The normalized spacial score (nSPS) is 12.4. The van der Waals surface area contributed by atoms with Crippen molar-refractivity contribution in [1.29, 1.82) is 0 Å². The first-order chi connectivity index (χ1) is 9.65. The first-order valence-electron chi connectivity index (χ1n) is 6.54. The monoisotopic (exact) mass is 295 g/mol. The van der Waals surface area contributed by atoms with Crippen molar-refractivity contribution >= 4 is 11.6 Å². The van der Waals surface area contributed by atoms with Gasteiger partial charge < -0.3 is 14.6 Å². The van der Waals surface area contributed by atoms with E-state index < -0.39 is 0 Å². The van der Waals surface area contributed by atoms with E-state index in [1.807, 2.05) is 13.0 Å². The van der Waals surface area contributed by atoms with Crippen LogP contribution in [0.1, 0.15) is 25.7 Å². The second kappa shape index (κ2) is 6.72. The van der Waals surface area contributed by atoms with E-state index in [4.69, 9.17) is 20.9 Å². The zero-order valence-corrected chi connectivity index (χ0v) is 12.6. The number of ether oxygens (including phenoxy) is 1. The Bertz CT molecular complexity index is 571. The first kappa shape index (κ1) is 14.8. The molecule has 6 heteroatoms. The van der Waals surface area contributed by atoms with Gasteiger partial charge >= 0.3 is 0 Å². The quantitative estimate of drug-likeness (QED) is 0.887. The summed E-state index contributed by atoms with van der Waals surface area (Å²) in [5, 5.41) is 7.88. The van der Waals surface area contributed by atoms with Crippen LogP contribution < -0.4 is 10.1 Å². The summed E-state index contributed by atoms with van der Waals surface area (Å²) in [5.41, 5.74) is 0.766. The van der Waals surface area contributed by atoms with Gasteiger partial charge in [0.1, 0.15) is 5.75 Å². The number of hydrogen-bond acceptors (Lipinski definition) is 5. The fourth-order valence-corrected chi connectivity index (χ4v) is 2.00. The molecule has 1 N–H and O–H groups in total. The third-order valence-electron chi connectivity index (χ3n) is 2.97. The van der Waals surface area contributed by atoms with Crippen molar-refractivity contribution in [2.75, 3.05) is 20.2 Å². The molecule has 0 spiro atoms. The molecule has 0 aliphatic rings. The number of hydrogen-bond donors (Lipinski definition) is 1. The van der Waals surface area contributed by atoms with E-state index in [1.54, 1.807) is 19.2 Å². The van der Waals surface area contributed by atoms with Crippen LogP contribution in [0.5, 0.6) is 5.75 Å². The molecule has 0 aliphatic heterocycles. The van der Waals surface area contributed by atoms with Gasteiger partial charge in [-0.1, -0.05) is 30.6 Å². The molecule has 0 aliphatic carbocycles. The Labute approximate surface area is 123 Å². The fourth-order valence-electron chi connectivity index (χ4n) is 1.84. The van der Waals surface area contributed by atoms with Crippen molar-refractivity contribution in [3.8, 4) is 17.1 Å². The van der Waals surface area contributed by atoms with E-state index in [1.165, 1.54) is 0 Å². The number of methoxy groups -OCH3 is 1. The van der Waals surface area contributed by atoms with Crippen LogP contribution in [0, 0.1) is 0 Å². The minimum atomic E-state index is 0.162. The summed E-state index contributed by atoms with van der Waals surface area (Å²) in [6, 6.07) is 5.33. The minimum Gasteiger partial charge on any atom is -0.496 e. The molecule has 1 heterocycles. The van der Waals surface area contributed by atoms with Gasteiger partial charge in [-0.15, -0.1) is 0 Å². The molecule has 0 radical (unpaired) electrons. The number of halogens is 1. The SMILES string of the molecule is CCNCC(C)c1nc(-c2ccc(Cl)cc2OC)no1. The summed E-state index contributed by atoms with van der Waals surface area (Å²) in [5.74, 6) is 1.91. The smallest absolute Gasteiger partial charge is 0.231 e. The topological polar surface area (TPSA) is 60.2 Å². The highest BCUT2D eigenvalue weighted by Crippen LogP contribution is 2.31. The number of nitrogens with zero attached hydrogens (tertiary/aromatic N) is 2. The highest BCUT2D eigenvalue weighted by atomic mass is 35.5. The van der Waals surface area contributed by atoms with Crippen LogP contribution in [0.15, 0.2) is 22.7 Å². The predicted octanol–water partition coefficient (Wildman–Crippen LogP) is 3.11. The van der Waals surface area contributed by atoms with Crippen LogP contribution in [-0.2, 0) is 0 Å². The summed E-state index contributed by atoms with van der Waals surface area (Å²) in [4.78, 5) is 4.43. The number of nitrogens with one attached hydrogen (secondary N) is 1. The lowest BCUT2D eigenvalue weighted by molar-refractivity contribution is 0.355. The number of aromatic nitrogens is 2. The minimum absolute atomic E-state index is 0.162. The van der Waals surface area contributed by atoms with Crippen LogP contribution in [-0.4, -0.2) is 30.3 Å². The van der Waals surface area contributed by atoms with Gasteiger partial charge in [0.15, 0.2) is 0 Å². The van der Waals surface area contributed by atoms with Crippen LogP contribution in [0.3, 0.4) is 0 Å². The summed E-state index contributed by atoms with van der Waals surface area (Å²) in [6.07, 6.45) is 0. The maximum Gasteiger partial charge on any atom is 0.231 e. The maximum absolute atomic E-state index is 5.94. The van der Waals surface area contributed by atoms with Gasteiger partial charge in [0.05, 0.1) is 12.7 Å². The van der Waals surface area contributed by atoms with E-state index in [9.17, 15) is 0 Å². The lowest BCUT2D eigenvalue weighted by atomic mass is 10.1. The Morgan fingerprint density at radius 1 is 1.45 bits per heavy atom. The van der Waals surface area contributed by atoms with Crippen LogP contribution in [0.25, 0.3) is 11.4 Å². The van der Waals surface area contributed by atoms with E-state index in [0.29, 0.717) is 22.5 Å². The first-order valence-corrected chi connectivity index (χ1v) is 6.91.